The Kier molecular flexibility index (Phi) is 6.54. The standard InChI is InChI=1S/C18H17ClN2O4/c1-2-16(13-6-4-3-5-7-13)17(19)12-25-18(22)20-14-8-10-15(11-9-14)21(23)24/h2-11,16-17H,1,12H2,(H,20,22)/t16-,17+/m1/s1. The number of carbonyl (C=O) groups is 1. The zero-order valence-electron chi connectivity index (χ0n) is 13.3. The first kappa shape index (κ1) is 18.5. The van der Waals surface area contributed by atoms with Gasteiger partial charge in [0.05, 0.1) is 10.3 Å². The van der Waals surface area contributed by atoms with Crippen molar-refractivity contribution in [2.24, 2.45) is 0 Å². The van der Waals surface area contributed by atoms with Crippen molar-refractivity contribution in [2.45, 2.75) is 11.3 Å². The summed E-state index contributed by atoms with van der Waals surface area (Å²) in [5, 5.41) is 12.6. The van der Waals surface area contributed by atoms with Gasteiger partial charge in [-0.15, -0.1) is 18.2 Å². The van der Waals surface area contributed by atoms with Crippen molar-refractivity contribution >= 4 is 29.1 Å². The number of nitrogens with zero attached hydrogens (tertiary/aromatic N) is 1. The third-order valence-corrected chi connectivity index (χ3v) is 3.92. The molecule has 0 unspecified atom stereocenters. The minimum absolute atomic E-state index is 0.00798. The summed E-state index contributed by atoms with van der Waals surface area (Å²) in [7, 11) is 0. The maximum absolute atomic E-state index is 11.8. The van der Waals surface area contributed by atoms with E-state index >= 15 is 0 Å². The van der Waals surface area contributed by atoms with Crippen LogP contribution in [0.5, 0.6) is 0 Å². The van der Waals surface area contributed by atoms with Crippen LogP contribution in [0, 0.1) is 10.1 Å². The molecule has 0 aliphatic heterocycles. The topological polar surface area (TPSA) is 81.5 Å². The lowest BCUT2D eigenvalue weighted by Crippen LogP contribution is -2.22. The van der Waals surface area contributed by atoms with E-state index in [1.54, 1.807) is 6.08 Å². The Morgan fingerprint density at radius 2 is 1.88 bits per heavy atom. The number of hydrogen-bond acceptors (Lipinski definition) is 4. The second kappa shape index (κ2) is 8.84. The van der Waals surface area contributed by atoms with Crippen LogP contribution in [-0.4, -0.2) is 23.0 Å². The van der Waals surface area contributed by atoms with Gasteiger partial charge in [0, 0.05) is 23.7 Å². The van der Waals surface area contributed by atoms with Gasteiger partial charge in [0.1, 0.15) is 6.61 Å². The highest BCUT2D eigenvalue weighted by Crippen LogP contribution is 2.25. The van der Waals surface area contributed by atoms with Gasteiger partial charge in [-0.1, -0.05) is 36.4 Å². The number of allylic oxidation sites excluding steroid dienone is 1. The van der Waals surface area contributed by atoms with E-state index in [2.05, 4.69) is 11.9 Å². The smallest absolute Gasteiger partial charge is 0.411 e. The van der Waals surface area contributed by atoms with E-state index in [0.29, 0.717) is 5.69 Å². The highest BCUT2D eigenvalue weighted by atomic mass is 35.5. The number of ether oxygens (including phenoxy) is 1. The monoisotopic (exact) mass is 360 g/mol. The summed E-state index contributed by atoms with van der Waals surface area (Å²) in [5.74, 6) is -0.157. The van der Waals surface area contributed by atoms with Crippen LogP contribution in [0.1, 0.15) is 11.5 Å². The lowest BCUT2D eigenvalue weighted by molar-refractivity contribution is -0.384. The van der Waals surface area contributed by atoms with Crippen molar-refractivity contribution in [2.75, 3.05) is 11.9 Å². The predicted octanol–water partition coefficient (Wildman–Crippen LogP) is 4.72. The minimum atomic E-state index is -0.685. The second-order valence-electron chi connectivity index (χ2n) is 5.22. The van der Waals surface area contributed by atoms with Crippen LogP contribution < -0.4 is 5.32 Å². The number of rotatable bonds is 7. The number of nitrogens with one attached hydrogen (secondary N) is 1. The zero-order valence-corrected chi connectivity index (χ0v) is 14.1. The van der Waals surface area contributed by atoms with E-state index in [0.717, 1.165) is 5.56 Å². The molecule has 0 saturated heterocycles. The zero-order chi connectivity index (χ0) is 18.2. The van der Waals surface area contributed by atoms with E-state index in [-0.39, 0.29) is 18.2 Å². The summed E-state index contributed by atoms with van der Waals surface area (Å²) >= 11 is 6.33. The number of carbonyl (C=O) groups excluding carboxylic acids is 1. The molecule has 0 bridgehead atoms. The molecule has 0 saturated carbocycles. The lowest BCUT2D eigenvalue weighted by atomic mass is 9.96. The summed E-state index contributed by atoms with van der Waals surface area (Å²) < 4.78 is 5.13. The molecule has 0 spiro atoms. The molecule has 25 heavy (non-hydrogen) atoms. The third-order valence-electron chi connectivity index (χ3n) is 3.53. The normalized spacial score (nSPS) is 12.7. The van der Waals surface area contributed by atoms with E-state index in [9.17, 15) is 14.9 Å². The molecule has 0 radical (unpaired) electrons. The summed E-state index contributed by atoms with van der Waals surface area (Å²) in [4.78, 5) is 21.9. The largest absolute Gasteiger partial charge is 0.448 e. The third kappa shape index (κ3) is 5.32. The number of hydrogen-bond donors (Lipinski definition) is 1. The van der Waals surface area contributed by atoms with Crippen molar-refractivity contribution in [3.63, 3.8) is 0 Å². The van der Waals surface area contributed by atoms with Crippen LogP contribution in [-0.2, 0) is 4.74 Å². The van der Waals surface area contributed by atoms with E-state index < -0.39 is 16.4 Å². The van der Waals surface area contributed by atoms with Gasteiger partial charge in [-0.05, 0) is 17.7 Å². The number of nitro groups is 1. The van der Waals surface area contributed by atoms with Gasteiger partial charge in [-0.2, -0.15) is 0 Å². The molecule has 0 aliphatic rings. The Balaban J connectivity index is 1.88. The van der Waals surface area contributed by atoms with Crippen LogP contribution in [0.4, 0.5) is 16.2 Å². The molecule has 0 fully saturated rings. The van der Waals surface area contributed by atoms with E-state index in [1.165, 1.54) is 24.3 Å². The number of alkyl halides is 1. The van der Waals surface area contributed by atoms with E-state index in [1.807, 2.05) is 30.3 Å². The van der Waals surface area contributed by atoms with Crippen molar-refractivity contribution < 1.29 is 14.5 Å². The van der Waals surface area contributed by atoms with Crippen molar-refractivity contribution in [1.82, 2.24) is 0 Å². The fourth-order valence-electron chi connectivity index (χ4n) is 2.25. The van der Waals surface area contributed by atoms with Crippen LogP contribution in [0.15, 0.2) is 67.3 Å². The maximum atomic E-state index is 11.8. The first-order valence-corrected chi connectivity index (χ1v) is 7.94. The quantitative estimate of drug-likeness (QED) is 0.335. The molecule has 2 aromatic rings. The van der Waals surface area contributed by atoms with Crippen LogP contribution in [0.25, 0.3) is 0 Å². The molecule has 6 nitrogen and oxygen atoms in total. The molecule has 130 valence electrons. The molecule has 0 aliphatic carbocycles. The molecule has 0 heterocycles. The highest BCUT2D eigenvalue weighted by molar-refractivity contribution is 6.21. The first-order chi connectivity index (χ1) is 12.0. The van der Waals surface area contributed by atoms with Crippen LogP contribution >= 0.6 is 11.6 Å². The Hall–Kier alpha value is -2.86. The number of anilines is 1. The molecule has 0 aromatic heterocycles. The molecule has 1 N–H and O–H groups in total. The predicted molar refractivity (Wildman–Crippen MR) is 97.1 cm³/mol. The second-order valence-corrected chi connectivity index (χ2v) is 5.78. The Morgan fingerprint density at radius 3 is 2.44 bits per heavy atom. The Labute approximate surface area is 150 Å². The van der Waals surface area contributed by atoms with Gasteiger partial charge in [-0.3, -0.25) is 15.4 Å². The molecular formula is C18H17ClN2O4. The molecular weight excluding hydrogens is 344 g/mol. The van der Waals surface area contributed by atoms with Crippen LogP contribution in [0.2, 0.25) is 0 Å². The first-order valence-electron chi connectivity index (χ1n) is 7.51. The Bertz CT molecular complexity index is 735. The van der Waals surface area contributed by atoms with Crippen LogP contribution in [0.3, 0.4) is 0 Å². The molecule has 1 amide bonds. The van der Waals surface area contributed by atoms with Gasteiger partial charge in [0.2, 0.25) is 0 Å². The summed E-state index contributed by atoms with van der Waals surface area (Å²) in [6.45, 7) is 3.77. The molecule has 2 atom stereocenters. The number of benzene rings is 2. The molecule has 2 aromatic carbocycles. The maximum Gasteiger partial charge on any atom is 0.411 e. The van der Waals surface area contributed by atoms with E-state index in [4.69, 9.17) is 16.3 Å². The van der Waals surface area contributed by atoms with Gasteiger partial charge in [0.25, 0.3) is 5.69 Å². The van der Waals surface area contributed by atoms with Gasteiger partial charge in [0.15, 0.2) is 0 Å². The Morgan fingerprint density at radius 1 is 1.24 bits per heavy atom. The number of non-ortho nitro benzene ring substituents is 1. The number of nitro benzene ring substituents is 1. The van der Waals surface area contributed by atoms with Crippen molar-refractivity contribution in [1.29, 1.82) is 0 Å². The van der Waals surface area contributed by atoms with Crippen molar-refractivity contribution in [3.8, 4) is 0 Å². The van der Waals surface area contributed by atoms with Crippen molar-refractivity contribution in [3.05, 3.63) is 82.9 Å². The average Bonchev–Trinajstić information content (AvgIpc) is 2.62. The SMILES string of the molecule is C=C[C@H](c1ccccc1)[C@@H](Cl)COC(=O)Nc1ccc([N+](=O)[O-])cc1. The van der Waals surface area contributed by atoms with Gasteiger partial charge >= 0.3 is 6.09 Å². The summed E-state index contributed by atoms with van der Waals surface area (Å²) in [6.07, 6.45) is 1.03. The number of halogens is 1. The molecule has 2 rings (SSSR count). The van der Waals surface area contributed by atoms with Gasteiger partial charge in [-0.25, -0.2) is 4.79 Å². The lowest BCUT2D eigenvalue weighted by Gasteiger charge is -2.19. The fraction of sp³-hybridized carbons (Fsp3) is 0.167. The van der Waals surface area contributed by atoms with Gasteiger partial charge < -0.3 is 4.74 Å². The fourth-order valence-corrected chi connectivity index (χ4v) is 2.56. The summed E-state index contributed by atoms with van der Waals surface area (Å²) in [6, 6.07) is 15.0. The molecule has 7 heteroatoms. The average molecular weight is 361 g/mol. The summed E-state index contributed by atoms with van der Waals surface area (Å²) in [5.41, 5.74) is 1.32. The minimum Gasteiger partial charge on any atom is -0.448 e. The number of amides is 1. The highest BCUT2D eigenvalue weighted by Gasteiger charge is 2.20.